The Morgan fingerprint density at radius 3 is 2.55 bits per heavy atom. The molecule has 0 saturated carbocycles. The Morgan fingerprint density at radius 2 is 1.70 bits per heavy atom. The van der Waals surface area contributed by atoms with Gasteiger partial charge in [0, 0.05) is 32.7 Å². The number of carbonyl (C=O) groups is 1. The number of piperazine rings is 1. The van der Waals surface area contributed by atoms with E-state index in [0.717, 1.165) is 32.7 Å². The van der Waals surface area contributed by atoms with Crippen LogP contribution in [0.1, 0.15) is 5.56 Å². The summed E-state index contributed by atoms with van der Waals surface area (Å²) in [4.78, 5) is 17.0. The number of thioether (sulfide) groups is 1. The third kappa shape index (κ3) is 5.05. The smallest absolute Gasteiger partial charge is 0.277 e. The monoisotopic (exact) mass is 478 g/mol. The Kier molecular flexibility index (Phi) is 6.62. The van der Waals surface area contributed by atoms with E-state index in [1.165, 1.54) is 28.1 Å². The van der Waals surface area contributed by atoms with E-state index in [9.17, 15) is 4.79 Å². The Hall–Kier alpha value is -2.87. The molecule has 1 fully saturated rings. The van der Waals surface area contributed by atoms with E-state index < -0.39 is 0 Å². The minimum atomic E-state index is 0.0855. The van der Waals surface area contributed by atoms with Crippen LogP contribution in [0.2, 0.25) is 5.02 Å². The van der Waals surface area contributed by atoms with E-state index in [1.54, 1.807) is 6.07 Å². The number of fused-ring (bicyclic) bond motifs is 1. The van der Waals surface area contributed by atoms with Gasteiger partial charge in [-0.3, -0.25) is 9.69 Å². The maximum absolute atomic E-state index is 12.7. The Labute approximate surface area is 201 Å². The number of hydrogen-bond acceptors (Lipinski definition) is 6. The quantitative estimate of drug-likeness (QED) is 0.364. The SMILES string of the molecule is O=C(CSc1nnc(-c2ccccc2Cl)o1)N1CCN(Cc2cccc3ccccc23)CC1. The van der Waals surface area contributed by atoms with Crippen LogP contribution in [-0.2, 0) is 11.3 Å². The van der Waals surface area contributed by atoms with Gasteiger partial charge in [0.25, 0.3) is 5.22 Å². The number of aromatic nitrogens is 2. The van der Waals surface area contributed by atoms with Crippen LogP contribution < -0.4 is 0 Å². The lowest BCUT2D eigenvalue weighted by molar-refractivity contribution is -0.130. The van der Waals surface area contributed by atoms with E-state index in [1.807, 2.05) is 23.1 Å². The second-order valence-corrected chi connectivity index (χ2v) is 9.27. The van der Waals surface area contributed by atoms with Gasteiger partial charge in [0.1, 0.15) is 0 Å². The van der Waals surface area contributed by atoms with E-state index in [2.05, 4.69) is 57.6 Å². The highest BCUT2D eigenvalue weighted by Gasteiger charge is 2.22. The van der Waals surface area contributed by atoms with Gasteiger partial charge < -0.3 is 9.32 Å². The van der Waals surface area contributed by atoms with Crippen LogP contribution in [0, 0.1) is 0 Å². The summed E-state index contributed by atoms with van der Waals surface area (Å²) in [6.45, 7) is 4.05. The van der Waals surface area contributed by atoms with Crippen LogP contribution in [0.5, 0.6) is 0 Å². The highest BCUT2D eigenvalue weighted by Crippen LogP contribution is 2.29. The molecule has 1 aliphatic rings. The Bertz CT molecular complexity index is 1260. The van der Waals surface area contributed by atoms with Crippen molar-refractivity contribution in [3.63, 3.8) is 0 Å². The summed E-state index contributed by atoms with van der Waals surface area (Å²) in [6.07, 6.45) is 0. The van der Waals surface area contributed by atoms with Crippen molar-refractivity contribution >= 4 is 40.0 Å². The number of hydrogen-bond donors (Lipinski definition) is 0. The maximum atomic E-state index is 12.7. The molecule has 33 heavy (non-hydrogen) atoms. The molecule has 5 rings (SSSR count). The molecule has 0 radical (unpaired) electrons. The van der Waals surface area contributed by atoms with Crippen LogP contribution in [0.4, 0.5) is 0 Å². The molecular formula is C25H23ClN4O2S. The predicted molar refractivity (Wildman–Crippen MR) is 131 cm³/mol. The van der Waals surface area contributed by atoms with E-state index >= 15 is 0 Å². The molecule has 4 aromatic rings. The van der Waals surface area contributed by atoms with Gasteiger partial charge in [-0.25, -0.2) is 0 Å². The zero-order valence-corrected chi connectivity index (χ0v) is 19.6. The third-order valence-electron chi connectivity index (χ3n) is 5.83. The van der Waals surface area contributed by atoms with Gasteiger partial charge in [-0.05, 0) is 28.5 Å². The number of rotatable bonds is 6. The van der Waals surface area contributed by atoms with Crippen molar-refractivity contribution in [2.45, 2.75) is 11.8 Å². The second-order valence-electron chi connectivity index (χ2n) is 7.94. The molecule has 1 aliphatic heterocycles. The maximum Gasteiger partial charge on any atom is 0.277 e. The summed E-state index contributed by atoms with van der Waals surface area (Å²) in [5.41, 5.74) is 2.02. The van der Waals surface area contributed by atoms with Crippen molar-refractivity contribution in [3.8, 4) is 11.5 Å². The lowest BCUT2D eigenvalue weighted by Crippen LogP contribution is -2.48. The fourth-order valence-electron chi connectivity index (χ4n) is 4.05. The molecule has 0 aliphatic carbocycles. The van der Waals surface area contributed by atoms with Gasteiger partial charge >= 0.3 is 0 Å². The van der Waals surface area contributed by atoms with Crippen LogP contribution >= 0.6 is 23.4 Å². The van der Waals surface area contributed by atoms with Crippen molar-refractivity contribution in [3.05, 3.63) is 77.3 Å². The van der Waals surface area contributed by atoms with E-state index in [0.29, 0.717) is 21.7 Å². The first-order valence-corrected chi connectivity index (χ1v) is 12.2. The fraction of sp³-hybridized carbons (Fsp3) is 0.240. The Balaban J connectivity index is 1.13. The summed E-state index contributed by atoms with van der Waals surface area (Å²) < 4.78 is 5.68. The molecule has 168 valence electrons. The molecule has 6 nitrogen and oxygen atoms in total. The normalized spacial score (nSPS) is 14.6. The van der Waals surface area contributed by atoms with Crippen LogP contribution in [0.25, 0.3) is 22.2 Å². The van der Waals surface area contributed by atoms with Gasteiger partial charge in [0.2, 0.25) is 11.8 Å². The summed E-state index contributed by atoms with van der Waals surface area (Å²) in [5.74, 6) is 0.716. The molecule has 8 heteroatoms. The van der Waals surface area contributed by atoms with Crippen LogP contribution in [0.15, 0.2) is 76.4 Å². The number of carbonyl (C=O) groups excluding carboxylic acids is 1. The van der Waals surface area contributed by atoms with Crippen molar-refractivity contribution in [1.29, 1.82) is 0 Å². The van der Waals surface area contributed by atoms with Crippen molar-refractivity contribution < 1.29 is 9.21 Å². The molecule has 0 N–H and O–H groups in total. The first kappa shape index (κ1) is 21.9. The van der Waals surface area contributed by atoms with E-state index in [4.69, 9.17) is 16.0 Å². The predicted octanol–water partition coefficient (Wildman–Crippen LogP) is 4.98. The van der Waals surface area contributed by atoms with Gasteiger partial charge in [-0.2, -0.15) is 0 Å². The van der Waals surface area contributed by atoms with Crippen LogP contribution in [0.3, 0.4) is 0 Å². The highest BCUT2D eigenvalue weighted by molar-refractivity contribution is 7.99. The topological polar surface area (TPSA) is 62.5 Å². The highest BCUT2D eigenvalue weighted by atomic mass is 35.5. The summed E-state index contributed by atoms with van der Waals surface area (Å²) in [7, 11) is 0. The van der Waals surface area contributed by atoms with Crippen molar-refractivity contribution in [2.24, 2.45) is 0 Å². The second kappa shape index (κ2) is 9.95. The average molecular weight is 479 g/mol. The van der Waals surface area contributed by atoms with Crippen molar-refractivity contribution in [2.75, 3.05) is 31.9 Å². The zero-order valence-electron chi connectivity index (χ0n) is 18.0. The lowest BCUT2D eigenvalue weighted by Gasteiger charge is -2.34. The van der Waals surface area contributed by atoms with Gasteiger partial charge in [0.15, 0.2) is 0 Å². The fourth-order valence-corrected chi connectivity index (χ4v) is 4.94. The summed E-state index contributed by atoms with van der Waals surface area (Å²) >= 11 is 7.45. The largest absolute Gasteiger partial charge is 0.411 e. The molecule has 0 unspecified atom stereocenters. The van der Waals surface area contributed by atoms with Crippen molar-refractivity contribution in [1.82, 2.24) is 20.0 Å². The van der Waals surface area contributed by atoms with Gasteiger partial charge in [0.05, 0.1) is 16.3 Å². The van der Waals surface area contributed by atoms with E-state index in [-0.39, 0.29) is 11.7 Å². The minimum Gasteiger partial charge on any atom is -0.411 e. The first-order chi connectivity index (χ1) is 16.2. The standard InChI is InChI=1S/C25H23ClN4O2S/c26-22-11-4-3-10-21(22)24-27-28-25(32-24)33-17-23(31)30-14-12-29(13-15-30)16-19-8-5-7-18-6-1-2-9-20(18)19/h1-11H,12-17H2. The molecule has 3 aromatic carbocycles. The minimum absolute atomic E-state index is 0.0855. The van der Waals surface area contributed by atoms with Gasteiger partial charge in [-0.15, -0.1) is 10.2 Å². The lowest BCUT2D eigenvalue weighted by atomic mass is 10.0. The molecular weight excluding hydrogens is 456 g/mol. The molecule has 2 heterocycles. The molecule has 0 spiro atoms. The summed E-state index contributed by atoms with van der Waals surface area (Å²) in [5, 5.41) is 11.6. The molecule has 1 aromatic heterocycles. The van der Waals surface area contributed by atoms with Gasteiger partial charge in [-0.1, -0.05) is 78.0 Å². The number of amides is 1. The zero-order chi connectivity index (χ0) is 22.6. The molecule has 1 amide bonds. The van der Waals surface area contributed by atoms with Crippen LogP contribution in [-0.4, -0.2) is 57.8 Å². The first-order valence-electron chi connectivity index (χ1n) is 10.9. The number of halogens is 1. The number of benzene rings is 3. The Morgan fingerprint density at radius 1 is 0.939 bits per heavy atom. The summed E-state index contributed by atoms with van der Waals surface area (Å²) in [6, 6.07) is 22.2. The third-order valence-corrected chi connectivity index (χ3v) is 6.96. The molecule has 1 saturated heterocycles. The number of nitrogens with zero attached hydrogens (tertiary/aromatic N) is 4. The molecule has 0 atom stereocenters. The average Bonchev–Trinajstić information content (AvgIpc) is 3.32. The molecule has 0 bridgehead atoms.